The molecular weight excluding hydrogens is 432 g/mol. The standard InChI is InChI=1S/C27H38N2O5/c1-34-24-16-19(14-21(26(24)32)15-20-12-13-29-25(28)17-20)10-11-23(31)27(33)22(30)9-5-8-18-6-3-2-4-7-18/h12,14,16-18,27,29,32-33H,2-11,13,15,28H2,1H3/t27-/m1/s1. The summed E-state index contributed by atoms with van der Waals surface area (Å²) in [6, 6.07) is 3.52. The van der Waals surface area contributed by atoms with E-state index in [0.29, 0.717) is 42.4 Å². The Morgan fingerprint density at radius 2 is 1.91 bits per heavy atom. The number of nitrogens with two attached hydrogens (primary N) is 1. The van der Waals surface area contributed by atoms with Crippen molar-refractivity contribution >= 4 is 11.6 Å². The first-order chi connectivity index (χ1) is 16.4. The number of aryl methyl sites for hydroxylation is 1. The van der Waals surface area contributed by atoms with Crippen LogP contribution in [0.4, 0.5) is 0 Å². The minimum atomic E-state index is -1.56. The molecule has 34 heavy (non-hydrogen) atoms. The molecule has 1 aromatic carbocycles. The van der Waals surface area contributed by atoms with Crippen molar-refractivity contribution in [3.63, 3.8) is 0 Å². The fourth-order valence-electron chi connectivity index (χ4n) is 4.88. The fourth-order valence-corrected chi connectivity index (χ4v) is 4.88. The molecule has 186 valence electrons. The molecule has 2 aliphatic rings. The normalized spacial score (nSPS) is 17.4. The van der Waals surface area contributed by atoms with E-state index in [4.69, 9.17) is 10.5 Å². The van der Waals surface area contributed by atoms with Crippen LogP contribution >= 0.6 is 0 Å². The van der Waals surface area contributed by atoms with Gasteiger partial charge in [0.25, 0.3) is 0 Å². The van der Waals surface area contributed by atoms with E-state index in [-0.39, 0.29) is 24.4 Å². The molecule has 3 rings (SSSR count). The van der Waals surface area contributed by atoms with E-state index < -0.39 is 11.9 Å². The molecular formula is C27H38N2O5. The lowest BCUT2D eigenvalue weighted by Crippen LogP contribution is -2.30. The maximum atomic E-state index is 12.5. The summed E-state index contributed by atoms with van der Waals surface area (Å²) < 4.78 is 5.31. The number of benzene rings is 1. The maximum absolute atomic E-state index is 12.5. The van der Waals surface area contributed by atoms with Gasteiger partial charge in [-0.15, -0.1) is 0 Å². The number of dihydropyridines is 1. The van der Waals surface area contributed by atoms with Crippen molar-refractivity contribution in [2.24, 2.45) is 11.7 Å². The van der Waals surface area contributed by atoms with Gasteiger partial charge < -0.3 is 26.0 Å². The number of ether oxygens (including phenoxy) is 1. The molecule has 0 unspecified atom stereocenters. The van der Waals surface area contributed by atoms with Crippen molar-refractivity contribution in [2.45, 2.75) is 76.7 Å². The molecule has 1 fully saturated rings. The number of carbonyl (C=O) groups excluding carboxylic acids is 2. The van der Waals surface area contributed by atoms with Crippen LogP contribution in [-0.4, -0.2) is 41.5 Å². The quantitative estimate of drug-likeness (QED) is 0.345. The Hall–Kier alpha value is -2.80. The lowest BCUT2D eigenvalue weighted by Gasteiger charge is -2.21. The number of carbonyl (C=O) groups is 2. The number of hydrogen-bond acceptors (Lipinski definition) is 7. The number of nitrogens with one attached hydrogen (secondary N) is 1. The molecule has 1 heterocycles. The first kappa shape index (κ1) is 25.8. The number of hydrogen-bond donors (Lipinski definition) is 4. The molecule has 0 bridgehead atoms. The van der Waals surface area contributed by atoms with Crippen molar-refractivity contribution < 1.29 is 24.5 Å². The molecule has 0 radical (unpaired) electrons. The molecule has 5 N–H and O–H groups in total. The molecule has 0 aromatic heterocycles. The number of aromatic hydroxyl groups is 1. The van der Waals surface area contributed by atoms with Gasteiger partial charge in [0, 0.05) is 31.4 Å². The molecule has 0 spiro atoms. The van der Waals surface area contributed by atoms with E-state index in [1.165, 1.54) is 39.2 Å². The minimum Gasteiger partial charge on any atom is -0.504 e. The predicted molar refractivity (Wildman–Crippen MR) is 131 cm³/mol. The maximum Gasteiger partial charge on any atom is 0.170 e. The smallest absolute Gasteiger partial charge is 0.170 e. The summed E-state index contributed by atoms with van der Waals surface area (Å²) in [4.78, 5) is 24.8. The predicted octanol–water partition coefficient (Wildman–Crippen LogP) is 3.46. The number of phenolic OH excluding ortho intramolecular Hbond substituents is 1. The van der Waals surface area contributed by atoms with E-state index in [2.05, 4.69) is 5.32 Å². The zero-order valence-corrected chi connectivity index (χ0v) is 20.1. The lowest BCUT2D eigenvalue weighted by atomic mass is 9.85. The number of phenols is 1. The number of allylic oxidation sites excluding steroid dienone is 2. The fraction of sp³-hybridized carbons (Fsp3) is 0.556. The van der Waals surface area contributed by atoms with Crippen LogP contribution in [0.3, 0.4) is 0 Å². The lowest BCUT2D eigenvalue weighted by molar-refractivity contribution is -0.138. The summed E-state index contributed by atoms with van der Waals surface area (Å²) in [7, 11) is 1.48. The topological polar surface area (TPSA) is 122 Å². The van der Waals surface area contributed by atoms with Crippen LogP contribution in [0.2, 0.25) is 0 Å². The number of aliphatic hydroxyl groups is 1. The molecule has 1 saturated carbocycles. The largest absolute Gasteiger partial charge is 0.504 e. The summed E-state index contributed by atoms with van der Waals surface area (Å²) >= 11 is 0. The van der Waals surface area contributed by atoms with E-state index in [1.807, 2.05) is 18.2 Å². The van der Waals surface area contributed by atoms with Crippen molar-refractivity contribution in [2.75, 3.05) is 13.7 Å². The van der Waals surface area contributed by atoms with Crippen molar-refractivity contribution in [3.05, 3.63) is 46.8 Å². The van der Waals surface area contributed by atoms with E-state index in [0.717, 1.165) is 24.0 Å². The van der Waals surface area contributed by atoms with Crippen molar-refractivity contribution in [3.8, 4) is 11.5 Å². The molecule has 1 aromatic rings. The molecule has 1 atom stereocenters. The van der Waals surface area contributed by atoms with Crippen molar-refractivity contribution in [1.29, 1.82) is 0 Å². The van der Waals surface area contributed by atoms with Gasteiger partial charge in [-0.05, 0) is 42.0 Å². The van der Waals surface area contributed by atoms with Gasteiger partial charge in [-0.1, -0.05) is 50.7 Å². The van der Waals surface area contributed by atoms with Gasteiger partial charge in [0.15, 0.2) is 29.2 Å². The third-order valence-corrected chi connectivity index (χ3v) is 6.87. The molecule has 7 heteroatoms. The van der Waals surface area contributed by atoms with Crippen LogP contribution in [0.1, 0.15) is 68.9 Å². The Kier molecular flexibility index (Phi) is 9.57. The molecule has 0 amide bonds. The van der Waals surface area contributed by atoms with Crippen molar-refractivity contribution in [1.82, 2.24) is 5.32 Å². The monoisotopic (exact) mass is 470 g/mol. The van der Waals surface area contributed by atoms with Gasteiger partial charge in [0.2, 0.25) is 0 Å². The summed E-state index contributed by atoms with van der Waals surface area (Å²) in [6.45, 7) is 0.621. The highest BCUT2D eigenvalue weighted by molar-refractivity contribution is 6.05. The molecule has 0 saturated heterocycles. The highest BCUT2D eigenvalue weighted by atomic mass is 16.5. The summed E-state index contributed by atoms with van der Waals surface area (Å²) in [5.41, 5.74) is 8.26. The Balaban J connectivity index is 1.54. The molecule has 1 aliphatic carbocycles. The third kappa shape index (κ3) is 7.35. The van der Waals surface area contributed by atoms with Crippen LogP contribution in [0.5, 0.6) is 11.5 Å². The SMILES string of the molecule is COc1cc(CCC(=O)[C@H](O)C(=O)CCCC2CCCCC2)cc(CC2=CCNC(N)=C2)c1O. The Morgan fingerprint density at radius 1 is 1.18 bits per heavy atom. The Bertz CT molecular complexity index is 931. The second-order valence-electron chi connectivity index (χ2n) is 9.47. The molecule has 1 aliphatic heterocycles. The van der Waals surface area contributed by atoms with Gasteiger partial charge in [0.05, 0.1) is 12.9 Å². The van der Waals surface area contributed by atoms with E-state index >= 15 is 0 Å². The van der Waals surface area contributed by atoms with Crippen LogP contribution in [0.25, 0.3) is 0 Å². The molecule has 7 nitrogen and oxygen atoms in total. The highest BCUT2D eigenvalue weighted by Gasteiger charge is 2.24. The van der Waals surface area contributed by atoms with Gasteiger partial charge in [-0.2, -0.15) is 0 Å². The average molecular weight is 471 g/mol. The Labute approximate surface area is 202 Å². The number of methoxy groups -OCH3 is 1. The number of Topliss-reactive ketones (excluding diaryl/α,β-unsaturated/α-hetero) is 2. The minimum absolute atomic E-state index is 0.0440. The van der Waals surface area contributed by atoms with Gasteiger partial charge in [0.1, 0.15) is 0 Å². The first-order valence-corrected chi connectivity index (χ1v) is 12.4. The summed E-state index contributed by atoms with van der Waals surface area (Å²) in [5, 5.41) is 23.8. The number of aliphatic hydroxyl groups excluding tert-OH is 1. The zero-order chi connectivity index (χ0) is 24.5. The zero-order valence-electron chi connectivity index (χ0n) is 20.1. The van der Waals surface area contributed by atoms with Gasteiger partial charge >= 0.3 is 0 Å². The first-order valence-electron chi connectivity index (χ1n) is 12.4. The Morgan fingerprint density at radius 3 is 2.62 bits per heavy atom. The van der Waals surface area contributed by atoms with Gasteiger partial charge in [-0.3, -0.25) is 9.59 Å². The highest BCUT2D eigenvalue weighted by Crippen LogP contribution is 2.34. The third-order valence-electron chi connectivity index (χ3n) is 6.87. The number of ketones is 2. The van der Waals surface area contributed by atoms with Crippen LogP contribution in [0.15, 0.2) is 35.7 Å². The summed E-state index contributed by atoms with van der Waals surface area (Å²) in [6.07, 6.45) is 11.4. The van der Waals surface area contributed by atoms with E-state index in [9.17, 15) is 19.8 Å². The van der Waals surface area contributed by atoms with Crippen LogP contribution in [0, 0.1) is 5.92 Å². The van der Waals surface area contributed by atoms with E-state index in [1.54, 1.807) is 6.07 Å². The second kappa shape index (κ2) is 12.6. The number of rotatable bonds is 12. The second-order valence-corrected chi connectivity index (χ2v) is 9.47. The summed E-state index contributed by atoms with van der Waals surface area (Å²) in [5.74, 6) is 0.784. The van der Waals surface area contributed by atoms with Crippen LogP contribution in [-0.2, 0) is 22.4 Å². The van der Waals surface area contributed by atoms with Gasteiger partial charge in [-0.25, -0.2) is 0 Å². The average Bonchev–Trinajstić information content (AvgIpc) is 2.84. The van der Waals surface area contributed by atoms with Crippen LogP contribution < -0.4 is 15.8 Å².